The number of amides is 1. The zero-order chi connectivity index (χ0) is 18.1. The van der Waals surface area contributed by atoms with Crippen LogP contribution in [0.15, 0.2) is 30.6 Å². The fourth-order valence-electron chi connectivity index (χ4n) is 3.15. The molecular formula is C17H18FN7O. The number of carbonyl (C=O) groups is 1. The van der Waals surface area contributed by atoms with E-state index in [1.165, 1.54) is 18.5 Å². The first-order chi connectivity index (χ1) is 12.7. The Kier molecular flexibility index (Phi) is 4.19. The normalized spacial score (nSPS) is 14.8. The number of aromatic nitrogens is 5. The Hall–Kier alpha value is -3.10. The summed E-state index contributed by atoms with van der Waals surface area (Å²) < 4.78 is 15.6. The molecule has 1 amide bonds. The van der Waals surface area contributed by atoms with Gasteiger partial charge in [-0.15, -0.1) is 5.10 Å². The third-order valence-electron chi connectivity index (χ3n) is 4.55. The topological polar surface area (TPSA) is 80.0 Å². The van der Waals surface area contributed by atoms with Gasteiger partial charge in [0.25, 0.3) is 5.91 Å². The molecule has 3 heterocycles. The molecule has 26 heavy (non-hydrogen) atoms. The summed E-state index contributed by atoms with van der Waals surface area (Å²) in [6, 6.07) is 6.06. The molecule has 0 unspecified atom stereocenters. The van der Waals surface area contributed by atoms with Gasteiger partial charge in [-0.3, -0.25) is 4.79 Å². The summed E-state index contributed by atoms with van der Waals surface area (Å²) in [5.74, 6) is -0.0613. The third kappa shape index (κ3) is 2.75. The second kappa shape index (κ2) is 6.66. The van der Waals surface area contributed by atoms with Gasteiger partial charge in [-0.1, -0.05) is 17.3 Å². The first kappa shape index (κ1) is 16.4. The van der Waals surface area contributed by atoms with Crippen LogP contribution < -0.4 is 4.90 Å². The summed E-state index contributed by atoms with van der Waals surface area (Å²) in [7, 11) is 0. The molecule has 3 aromatic rings. The molecule has 1 aromatic carbocycles. The van der Waals surface area contributed by atoms with Gasteiger partial charge in [-0.2, -0.15) is 0 Å². The van der Waals surface area contributed by atoms with E-state index in [0.717, 1.165) is 0 Å². The number of hydrogen-bond donors (Lipinski definition) is 0. The van der Waals surface area contributed by atoms with Crippen LogP contribution >= 0.6 is 0 Å². The lowest BCUT2D eigenvalue weighted by Gasteiger charge is -2.35. The number of hydrogen-bond acceptors (Lipinski definition) is 6. The number of nitrogens with zero attached hydrogens (tertiary/aromatic N) is 7. The number of aryl methyl sites for hydroxylation is 1. The molecule has 0 atom stereocenters. The predicted molar refractivity (Wildman–Crippen MR) is 93.3 cm³/mol. The average molecular weight is 355 g/mol. The van der Waals surface area contributed by atoms with E-state index in [-0.39, 0.29) is 11.5 Å². The van der Waals surface area contributed by atoms with E-state index in [1.807, 2.05) is 6.92 Å². The Bertz CT molecular complexity index is 949. The molecule has 0 radical (unpaired) electrons. The van der Waals surface area contributed by atoms with Crippen LogP contribution in [-0.2, 0) is 6.54 Å². The van der Waals surface area contributed by atoms with Gasteiger partial charge < -0.3 is 9.80 Å². The summed E-state index contributed by atoms with van der Waals surface area (Å²) in [6.07, 6.45) is 1.50. The monoisotopic (exact) mass is 355 g/mol. The van der Waals surface area contributed by atoms with Gasteiger partial charge in [0.1, 0.15) is 12.1 Å². The van der Waals surface area contributed by atoms with Crippen molar-refractivity contribution in [3.8, 4) is 0 Å². The molecule has 1 aliphatic rings. The Labute approximate surface area is 149 Å². The summed E-state index contributed by atoms with van der Waals surface area (Å²) >= 11 is 0. The maximum atomic E-state index is 13.9. The molecule has 0 N–H and O–H groups in total. The van der Waals surface area contributed by atoms with E-state index in [2.05, 4.69) is 25.2 Å². The van der Waals surface area contributed by atoms with E-state index < -0.39 is 5.82 Å². The molecule has 0 spiro atoms. The van der Waals surface area contributed by atoms with Crippen LogP contribution in [0.2, 0.25) is 0 Å². The van der Waals surface area contributed by atoms with Gasteiger partial charge in [0.05, 0.1) is 5.56 Å². The van der Waals surface area contributed by atoms with E-state index in [0.29, 0.717) is 49.7 Å². The van der Waals surface area contributed by atoms with Crippen molar-refractivity contribution in [3.05, 3.63) is 42.0 Å². The Morgan fingerprint density at radius 2 is 1.92 bits per heavy atom. The number of benzene rings is 1. The molecular weight excluding hydrogens is 337 g/mol. The molecule has 134 valence electrons. The first-order valence-corrected chi connectivity index (χ1v) is 8.52. The lowest BCUT2D eigenvalue weighted by Crippen LogP contribution is -2.49. The summed E-state index contributed by atoms with van der Waals surface area (Å²) in [5.41, 5.74) is 1.46. The van der Waals surface area contributed by atoms with Crippen molar-refractivity contribution < 1.29 is 9.18 Å². The van der Waals surface area contributed by atoms with Crippen molar-refractivity contribution >= 4 is 22.9 Å². The molecule has 1 aliphatic heterocycles. The van der Waals surface area contributed by atoms with E-state index in [1.54, 1.807) is 21.7 Å². The highest BCUT2D eigenvalue weighted by Gasteiger charge is 2.26. The van der Waals surface area contributed by atoms with Crippen LogP contribution in [0.5, 0.6) is 0 Å². The van der Waals surface area contributed by atoms with E-state index >= 15 is 0 Å². The highest BCUT2D eigenvalue weighted by molar-refractivity contribution is 5.94. The van der Waals surface area contributed by atoms with Gasteiger partial charge >= 0.3 is 0 Å². The molecule has 8 nitrogen and oxygen atoms in total. The number of rotatable bonds is 3. The molecule has 0 saturated carbocycles. The summed E-state index contributed by atoms with van der Waals surface area (Å²) in [5, 5.41) is 8.29. The minimum atomic E-state index is -0.492. The second-order valence-electron chi connectivity index (χ2n) is 6.03. The Balaban J connectivity index is 1.52. The second-order valence-corrected chi connectivity index (χ2v) is 6.03. The SMILES string of the molecule is CCn1nnc2c(N3CCN(C(=O)c4ccccc4F)CC3)ncnc21. The number of halogens is 1. The smallest absolute Gasteiger partial charge is 0.256 e. The average Bonchev–Trinajstić information content (AvgIpc) is 3.11. The number of carbonyl (C=O) groups excluding carboxylic acids is 1. The van der Waals surface area contributed by atoms with Crippen LogP contribution in [0, 0.1) is 5.82 Å². The number of piperazine rings is 1. The molecule has 1 saturated heterocycles. The molecule has 2 aromatic heterocycles. The number of fused-ring (bicyclic) bond motifs is 1. The van der Waals surface area contributed by atoms with Crippen molar-refractivity contribution in [2.75, 3.05) is 31.1 Å². The zero-order valence-electron chi connectivity index (χ0n) is 14.3. The van der Waals surface area contributed by atoms with Gasteiger partial charge in [0, 0.05) is 32.7 Å². The van der Waals surface area contributed by atoms with Crippen LogP contribution in [0.1, 0.15) is 17.3 Å². The maximum Gasteiger partial charge on any atom is 0.256 e. The van der Waals surface area contributed by atoms with Gasteiger partial charge in [-0.25, -0.2) is 19.0 Å². The molecule has 1 fully saturated rings. The molecule has 9 heteroatoms. The molecule has 4 rings (SSSR count). The van der Waals surface area contributed by atoms with E-state index in [9.17, 15) is 9.18 Å². The molecule has 0 bridgehead atoms. The van der Waals surface area contributed by atoms with Crippen molar-refractivity contribution in [2.24, 2.45) is 0 Å². The Morgan fingerprint density at radius 1 is 1.15 bits per heavy atom. The molecule has 0 aliphatic carbocycles. The minimum absolute atomic E-state index is 0.108. The van der Waals surface area contributed by atoms with Gasteiger partial charge in [0.2, 0.25) is 0 Å². The highest BCUT2D eigenvalue weighted by atomic mass is 19.1. The van der Waals surface area contributed by atoms with Crippen LogP contribution in [0.25, 0.3) is 11.2 Å². The van der Waals surface area contributed by atoms with Crippen molar-refractivity contribution in [1.82, 2.24) is 29.9 Å². The first-order valence-electron chi connectivity index (χ1n) is 8.52. The fourth-order valence-corrected chi connectivity index (χ4v) is 3.15. The fraction of sp³-hybridized carbons (Fsp3) is 0.353. The van der Waals surface area contributed by atoms with Crippen LogP contribution in [-0.4, -0.2) is 61.9 Å². The third-order valence-corrected chi connectivity index (χ3v) is 4.55. The summed E-state index contributed by atoms with van der Waals surface area (Å²) in [6.45, 7) is 4.80. The largest absolute Gasteiger partial charge is 0.351 e. The van der Waals surface area contributed by atoms with E-state index in [4.69, 9.17) is 0 Å². The van der Waals surface area contributed by atoms with Gasteiger partial charge in [-0.05, 0) is 19.1 Å². The lowest BCUT2D eigenvalue weighted by molar-refractivity contribution is 0.0742. The van der Waals surface area contributed by atoms with Crippen molar-refractivity contribution in [3.63, 3.8) is 0 Å². The van der Waals surface area contributed by atoms with Crippen LogP contribution in [0.4, 0.5) is 10.2 Å². The van der Waals surface area contributed by atoms with Gasteiger partial charge in [0.15, 0.2) is 17.0 Å². The highest BCUT2D eigenvalue weighted by Crippen LogP contribution is 2.22. The predicted octanol–water partition coefficient (Wildman–Crippen LogP) is 1.34. The van der Waals surface area contributed by atoms with Crippen molar-refractivity contribution in [2.45, 2.75) is 13.5 Å². The summed E-state index contributed by atoms with van der Waals surface area (Å²) in [4.78, 5) is 24.9. The zero-order valence-corrected chi connectivity index (χ0v) is 14.3. The number of anilines is 1. The standard InChI is InChI=1S/C17H18FN7O/c1-2-25-16-14(21-22-25)15(19-11-20-16)23-7-9-24(10-8-23)17(26)12-5-3-4-6-13(12)18/h3-6,11H,2,7-10H2,1H3. The van der Waals surface area contributed by atoms with Crippen molar-refractivity contribution in [1.29, 1.82) is 0 Å². The Morgan fingerprint density at radius 3 is 2.65 bits per heavy atom. The minimum Gasteiger partial charge on any atom is -0.351 e. The lowest BCUT2D eigenvalue weighted by atomic mass is 10.1. The maximum absolute atomic E-state index is 13.9. The quantitative estimate of drug-likeness (QED) is 0.705. The van der Waals surface area contributed by atoms with Crippen LogP contribution in [0.3, 0.4) is 0 Å².